The summed E-state index contributed by atoms with van der Waals surface area (Å²) >= 11 is 5.95. The zero-order chi connectivity index (χ0) is 14.5. The third-order valence-corrected chi connectivity index (χ3v) is 3.73. The predicted molar refractivity (Wildman–Crippen MR) is 82.3 cm³/mol. The van der Waals surface area contributed by atoms with Crippen LogP contribution in [0.3, 0.4) is 0 Å². The van der Waals surface area contributed by atoms with Crippen LogP contribution in [0.2, 0.25) is 0 Å². The van der Waals surface area contributed by atoms with Crippen molar-refractivity contribution in [3.05, 3.63) is 47.3 Å². The first-order valence-corrected chi connectivity index (χ1v) is 7.49. The monoisotopic (exact) mass is 292 g/mol. The van der Waals surface area contributed by atoms with Crippen LogP contribution in [0.5, 0.6) is 5.75 Å². The molecular weight excluding hydrogens is 272 g/mol. The number of aromatic nitrogens is 2. The Morgan fingerprint density at radius 1 is 1.35 bits per heavy atom. The molecule has 1 unspecified atom stereocenters. The smallest absolute Gasteiger partial charge is 0.132 e. The first-order valence-electron chi connectivity index (χ1n) is 6.96. The Bertz CT molecular complexity index is 565. The minimum atomic E-state index is 0.418. The minimum absolute atomic E-state index is 0.418. The summed E-state index contributed by atoms with van der Waals surface area (Å²) in [6.07, 6.45) is 3.07. The Morgan fingerprint density at radius 2 is 2.15 bits per heavy atom. The normalized spacial score (nSPS) is 12.4. The second kappa shape index (κ2) is 6.80. The summed E-state index contributed by atoms with van der Waals surface area (Å²) in [6.45, 7) is 6.83. The van der Waals surface area contributed by atoms with Gasteiger partial charge in [-0.15, -0.1) is 11.6 Å². The van der Waals surface area contributed by atoms with Gasteiger partial charge in [0.05, 0.1) is 11.6 Å². The summed E-state index contributed by atoms with van der Waals surface area (Å²) in [7, 11) is 0. The van der Waals surface area contributed by atoms with Crippen molar-refractivity contribution >= 4 is 11.6 Å². The quantitative estimate of drug-likeness (QED) is 0.734. The number of ether oxygens (including phenoxy) is 1. The predicted octanol–water partition coefficient (Wildman–Crippen LogP) is 4.48. The molecule has 1 heterocycles. The lowest BCUT2D eigenvalue weighted by atomic mass is 10.1. The molecule has 1 atom stereocenters. The van der Waals surface area contributed by atoms with Crippen molar-refractivity contribution in [3.8, 4) is 5.75 Å². The zero-order valence-electron chi connectivity index (χ0n) is 12.3. The fraction of sp³-hybridized carbons (Fsp3) is 0.438. The number of hydrogen-bond acceptors (Lipinski definition) is 2. The molecule has 0 saturated heterocycles. The van der Waals surface area contributed by atoms with E-state index in [1.54, 1.807) is 0 Å². The molecule has 2 aromatic rings. The molecule has 0 fully saturated rings. The molecule has 0 aliphatic rings. The average molecular weight is 293 g/mol. The van der Waals surface area contributed by atoms with Crippen molar-refractivity contribution in [2.24, 2.45) is 0 Å². The standard InChI is InChI=1S/C16H21ClN2O/c1-4-13(3)19-8-7-15(18-19)11-20-16-6-5-12(2)9-14(16)10-17/h5-9,13H,4,10-11H2,1-3H3. The maximum absolute atomic E-state index is 5.95. The molecule has 0 aliphatic heterocycles. The Hall–Kier alpha value is -1.48. The number of halogens is 1. The van der Waals surface area contributed by atoms with Crippen LogP contribution in [0.25, 0.3) is 0 Å². The topological polar surface area (TPSA) is 27.1 Å². The molecule has 0 saturated carbocycles. The number of nitrogens with zero attached hydrogens (tertiary/aromatic N) is 2. The van der Waals surface area contributed by atoms with Crippen molar-refractivity contribution in [2.75, 3.05) is 0 Å². The molecule has 0 amide bonds. The zero-order valence-corrected chi connectivity index (χ0v) is 13.0. The van der Waals surface area contributed by atoms with Crippen molar-refractivity contribution < 1.29 is 4.74 Å². The molecule has 0 radical (unpaired) electrons. The largest absolute Gasteiger partial charge is 0.487 e. The van der Waals surface area contributed by atoms with E-state index in [2.05, 4.69) is 25.0 Å². The van der Waals surface area contributed by atoms with Gasteiger partial charge in [0.15, 0.2) is 0 Å². The second-order valence-electron chi connectivity index (χ2n) is 5.08. The summed E-state index contributed by atoms with van der Waals surface area (Å²) in [4.78, 5) is 0. The van der Waals surface area contributed by atoms with E-state index >= 15 is 0 Å². The number of hydrogen-bond donors (Lipinski definition) is 0. The van der Waals surface area contributed by atoms with E-state index in [9.17, 15) is 0 Å². The van der Waals surface area contributed by atoms with Crippen LogP contribution < -0.4 is 4.74 Å². The lowest BCUT2D eigenvalue weighted by molar-refractivity contribution is 0.296. The van der Waals surface area contributed by atoms with Gasteiger partial charge >= 0.3 is 0 Å². The molecule has 1 aromatic carbocycles. The van der Waals surface area contributed by atoms with E-state index < -0.39 is 0 Å². The van der Waals surface area contributed by atoms with Crippen LogP contribution in [-0.4, -0.2) is 9.78 Å². The van der Waals surface area contributed by atoms with Gasteiger partial charge in [-0.3, -0.25) is 4.68 Å². The summed E-state index contributed by atoms with van der Waals surface area (Å²) in [6, 6.07) is 8.48. The highest BCUT2D eigenvalue weighted by molar-refractivity contribution is 6.17. The van der Waals surface area contributed by atoms with E-state index in [4.69, 9.17) is 16.3 Å². The maximum atomic E-state index is 5.95. The maximum Gasteiger partial charge on any atom is 0.132 e. The van der Waals surface area contributed by atoms with Gasteiger partial charge in [0.2, 0.25) is 0 Å². The van der Waals surface area contributed by atoms with Crippen LogP contribution in [0.4, 0.5) is 0 Å². The summed E-state index contributed by atoms with van der Waals surface area (Å²) in [5, 5.41) is 4.53. The average Bonchev–Trinajstić information content (AvgIpc) is 2.93. The van der Waals surface area contributed by atoms with Gasteiger partial charge in [0, 0.05) is 17.8 Å². The van der Waals surface area contributed by atoms with Crippen LogP contribution in [-0.2, 0) is 12.5 Å². The SMILES string of the molecule is CCC(C)n1ccc(COc2ccc(C)cc2CCl)n1. The fourth-order valence-electron chi connectivity index (χ4n) is 1.99. The Labute approximate surface area is 125 Å². The summed E-state index contributed by atoms with van der Waals surface area (Å²) in [5.74, 6) is 1.29. The van der Waals surface area contributed by atoms with Gasteiger partial charge < -0.3 is 4.74 Å². The summed E-state index contributed by atoms with van der Waals surface area (Å²) < 4.78 is 7.82. The highest BCUT2D eigenvalue weighted by Gasteiger charge is 2.07. The Morgan fingerprint density at radius 3 is 2.85 bits per heavy atom. The van der Waals surface area contributed by atoms with Gasteiger partial charge in [0.1, 0.15) is 12.4 Å². The van der Waals surface area contributed by atoms with Crippen molar-refractivity contribution in [2.45, 2.75) is 45.7 Å². The highest BCUT2D eigenvalue weighted by atomic mass is 35.5. The molecule has 0 bridgehead atoms. The van der Waals surface area contributed by atoms with Crippen molar-refractivity contribution in [1.82, 2.24) is 9.78 Å². The van der Waals surface area contributed by atoms with Gasteiger partial charge in [0.25, 0.3) is 0 Å². The first kappa shape index (κ1) is 14.9. The van der Waals surface area contributed by atoms with Gasteiger partial charge in [-0.2, -0.15) is 5.10 Å². The molecule has 0 N–H and O–H groups in total. The van der Waals surface area contributed by atoms with E-state index in [-0.39, 0.29) is 0 Å². The molecule has 2 rings (SSSR count). The molecule has 1 aromatic heterocycles. The number of benzene rings is 1. The first-order chi connectivity index (χ1) is 9.63. The van der Waals surface area contributed by atoms with Crippen LogP contribution >= 0.6 is 11.6 Å². The molecule has 4 heteroatoms. The molecule has 20 heavy (non-hydrogen) atoms. The van der Waals surface area contributed by atoms with Crippen LogP contribution in [0, 0.1) is 6.92 Å². The Kier molecular flexibility index (Phi) is 5.07. The van der Waals surface area contributed by atoms with E-state index in [1.807, 2.05) is 36.0 Å². The minimum Gasteiger partial charge on any atom is -0.487 e. The number of alkyl halides is 1. The molecule has 108 valence electrons. The van der Waals surface area contributed by atoms with Crippen LogP contribution in [0.1, 0.15) is 43.1 Å². The molecular formula is C16H21ClN2O. The van der Waals surface area contributed by atoms with Crippen molar-refractivity contribution in [1.29, 1.82) is 0 Å². The molecule has 3 nitrogen and oxygen atoms in total. The number of rotatable bonds is 6. The van der Waals surface area contributed by atoms with E-state index in [0.29, 0.717) is 18.5 Å². The van der Waals surface area contributed by atoms with Crippen molar-refractivity contribution in [3.63, 3.8) is 0 Å². The highest BCUT2D eigenvalue weighted by Crippen LogP contribution is 2.22. The fourth-order valence-corrected chi connectivity index (χ4v) is 2.20. The lowest BCUT2D eigenvalue weighted by Crippen LogP contribution is -2.06. The van der Waals surface area contributed by atoms with Gasteiger partial charge in [-0.05, 0) is 32.4 Å². The van der Waals surface area contributed by atoms with Crippen LogP contribution in [0.15, 0.2) is 30.5 Å². The van der Waals surface area contributed by atoms with E-state index in [1.165, 1.54) is 5.56 Å². The third kappa shape index (κ3) is 3.54. The molecule has 0 spiro atoms. The third-order valence-electron chi connectivity index (χ3n) is 3.44. The number of aryl methyl sites for hydroxylation is 1. The van der Waals surface area contributed by atoms with Gasteiger partial charge in [-0.1, -0.05) is 24.6 Å². The van der Waals surface area contributed by atoms with E-state index in [0.717, 1.165) is 23.4 Å². The lowest BCUT2D eigenvalue weighted by Gasteiger charge is -2.10. The second-order valence-corrected chi connectivity index (χ2v) is 5.35. The van der Waals surface area contributed by atoms with Gasteiger partial charge in [-0.25, -0.2) is 0 Å². The Balaban J connectivity index is 2.03. The summed E-state index contributed by atoms with van der Waals surface area (Å²) in [5.41, 5.74) is 3.15. The molecule has 0 aliphatic carbocycles.